The first kappa shape index (κ1) is 23.3. The number of carbonyl (C=O) groups excluding carboxylic acids is 3. The molecule has 1 saturated heterocycles. The molecule has 1 aliphatic heterocycles. The van der Waals surface area contributed by atoms with Crippen LogP contribution in [-0.4, -0.2) is 42.7 Å². The number of hydrazone groups is 1. The maximum absolute atomic E-state index is 12.8. The normalized spacial score (nSPS) is 24.4. The number of anilines is 1. The zero-order valence-electron chi connectivity index (χ0n) is 19.2. The summed E-state index contributed by atoms with van der Waals surface area (Å²) in [4.78, 5) is 38.0. The Morgan fingerprint density at radius 1 is 1.17 bits per heavy atom. The number of carbonyl (C=O) groups is 3. The van der Waals surface area contributed by atoms with Gasteiger partial charge in [-0.15, -0.1) is 0 Å². The molecule has 0 aromatic heterocycles. The van der Waals surface area contributed by atoms with Crippen LogP contribution in [0.25, 0.3) is 0 Å². The van der Waals surface area contributed by atoms with Crippen LogP contribution < -0.4 is 14.8 Å². The first-order valence-corrected chi connectivity index (χ1v) is 12.1. The second kappa shape index (κ2) is 9.30. The van der Waals surface area contributed by atoms with E-state index < -0.39 is 0 Å². The highest BCUT2D eigenvalue weighted by molar-refractivity contribution is 9.10. The van der Waals surface area contributed by atoms with E-state index in [1.165, 1.54) is 13.3 Å². The maximum Gasteiger partial charge on any atom is 0.262 e. The number of imide groups is 1. The molecule has 0 radical (unpaired) electrons. The van der Waals surface area contributed by atoms with Gasteiger partial charge in [-0.25, -0.2) is 0 Å². The molecule has 2 aliphatic carbocycles. The maximum atomic E-state index is 12.8. The molecule has 3 amide bonds. The fourth-order valence-corrected chi connectivity index (χ4v) is 5.69. The molecule has 3 aliphatic rings. The highest BCUT2D eigenvalue weighted by Crippen LogP contribution is 2.52. The predicted molar refractivity (Wildman–Crippen MR) is 133 cm³/mol. The van der Waals surface area contributed by atoms with Gasteiger partial charge in [0.1, 0.15) is 0 Å². The fraction of sp³-hybridized carbons (Fsp3) is 0.308. The second-order valence-electron chi connectivity index (χ2n) is 8.92. The van der Waals surface area contributed by atoms with Crippen molar-refractivity contribution < 1.29 is 23.9 Å². The number of nitrogens with zero attached hydrogens (tertiary/aromatic N) is 2. The van der Waals surface area contributed by atoms with Crippen molar-refractivity contribution in [2.24, 2.45) is 28.8 Å². The molecule has 0 spiro atoms. The van der Waals surface area contributed by atoms with Crippen molar-refractivity contribution >= 4 is 45.6 Å². The van der Waals surface area contributed by atoms with Crippen molar-refractivity contribution in [3.8, 4) is 11.5 Å². The van der Waals surface area contributed by atoms with E-state index in [1.807, 2.05) is 43.3 Å². The van der Waals surface area contributed by atoms with Crippen LogP contribution in [0.3, 0.4) is 0 Å². The first-order chi connectivity index (χ1) is 16.9. The van der Waals surface area contributed by atoms with Gasteiger partial charge in [0.25, 0.3) is 17.7 Å². The third-order valence-corrected chi connectivity index (χ3v) is 7.38. The minimum atomic E-state index is -0.307. The molecule has 35 heavy (non-hydrogen) atoms. The molecule has 0 unspecified atom stereocenters. The van der Waals surface area contributed by atoms with Crippen molar-refractivity contribution in [1.29, 1.82) is 0 Å². The minimum absolute atomic E-state index is 0.135. The summed E-state index contributed by atoms with van der Waals surface area (Å²) in [5.74, 6) is -0.366. The summed E-state index contributed by atoms with van der Waals surface area (Å²) in [5, 5.41) is 8.03. The van der Waals surface area contributed by atoms with Gasteiger partial charge < -0.3 is 14.8 Å². The van der Waals surface area contributed by atoms with Gasteiger partial charge in [0, 0.05) is 5.69 Å². The molecule has 1 heterocycles. The SMILES string of the molecule is COc1cc(C=NN2C(=O)[C@@H]3[C@H](C2=O)[C@H]2C=C[C@H]3C2)cc(Br)c1OCC(=O)Nc1ccccc1C. The number of allylic oxidation sites excluding steroid dienone is 2. The Morgan fingerprint density at radius 3 is 2.51 bits per heavy atom. The van der Waals surface area contributed by atoms with Gasteiger partial charge in [-0.2, -0.15) is 10.1 Å². The quantitative estimate of drug-likeness (QED) is 0.328. The summed E-state index contributed by atoms with van der Waals surface area (Å²) < 4.78 is 11.7. The van der Waals surface area contributed by atoms with E-state index in [4.69, 9.17) is 9.47 Å². The highest BCUT2D eigenvalue weighted by atomic mass is 79.9. The molecular weight excluding hydrogens is 514 g/mol. The fourth-order valence-electron chi connectivity index (χ4n) is 5.12. The number of hydrogen-bond donors (Lipinski definition) is 1. The van der Waals surface area contributed by atoms with Crippen LogP contribution in [0.2, 0.25) is 0 Å². The number of rotatable bonds is 7. The van der Waals surface area contributed by atoms with Gasteiger partial charge in [0.05, 0.1) is 29.6 Å². The van der Waals surface area contributed by atoms with Crippen molar-refractivity contribution in [3.05, 3.63) is 64.1 Å². The number of nitrogens with one attached hydrogen (secondary N) is 1. The van der Waals surface area contributed by atoms with E-state index in [0.29, 0.717) is 21.5 Å². The smallest absolute Gasteiger partial charge is 0.262 e. The van der Waals surface area contributed by atoms with Crippen molar-refractivity contribution in [1.82, 2.24) is 5.01 Å². The predicted octanol–water partition coefficient (Wildman–Crippen LogP) is 3.92. The third kappa shape index (κ3) is 4.25. The van der Waals surface area contributed by atoms with Crippen LogP contribution in [0.4, 0.5) is 5.69 Å². The Kier molecular flexibility index (Phi) is 6.19. The average Bonchev–Trinajstić information content (AvgIpc) is 3.52. The lowest BCUT2D eigenvalue weighted by Gasteiger charge is -2.14. The number of ether oxygens (including phenoxy) is 2. The molecule has 5 rings (SSSR count). The topological polar surface area (TPSA) is 97.3 Å². The lowest BCUT2D eigenvalue weighted by molar-refractivity contribution is -0.140. The number of methoxy groups -OCH3 is 1. The number of benzene rings is 2. The van der Waals surface area contributed by atoms with Gasteiger partial charge in [0.15, 0.2) is 18.1 Å². The molecule has 2 aromatic carbocycles. The van der Waals surface area contributed by atoms with Crippen LogP contribution in [0, 0.1) is 30.6 Å². The molecule has 2 fully saturated rings. The Labute approximate surface area is 211 Å². The standard InChI is InChI=1S/C26H24BrN3O5/c1-14-5-3-4-6-19(14)29-21(31)13-35-24-18(27)9-15(10-20(24)34-2)12-28-30-25(32)22-16-7-8-17(11-16)23(22)26(30)33/h3-10,12,16-17,22-23H,11,13H2,1-2H3,(H,29,31)/t16-,17-,22-,23+/m0/s1. The number of hydrogen-bond acceptors (Lipinski definition) is 6. The summed E-state index contributed by atoms with van der Waals surface area (Å²) in [6.45, 7) is 1.69. The molecule has 2 bridgehead atoms. The van der Waals surface area contributed by atoms with E-state index in [-0.39, 0.29) is 48.0 Å². The number of fused-ring (bicyclic) bond motifs is 5. The Hall–Kier alpha value is -3.46. The first-order valence-electron chi connectivity index (χ1n) is 11.3. The van der Waals surface area contributed by atoms with E-state index >= 15 is 0 Å². The van der Waals surface area contributed by atoms with E-state index in [2.05, 4.69) is 26.3 Å². The molecule has 1 saturated carbocycles. The van der Waals surface area contributed by atoms with Crippen LogP contribution >= 0.6 is 15.9 Å². The highest BCUT2D eigenvalue weighted by Gasteiger charge is 2.59. The van der Waals surface area contributed by atoms with Crippen LogP contribution in [0.15, 0.2) is 58.1 Å². The van der Waals surface area contributed by atoms with E-state index in [9.17, 15) is 14.4 Å². The van der Waals surface area contributed by atoms with Gasteiger partial charge in [0.2, 0.25) is 0 Å². The summed E-state index contributed by atoms with van der Waals surface area (Å²) in [6.07, 6.45) is 6.42. The second-order valence-corrected chi connectivity index (χ2v) is 9.77. The monoisotopic (exact) mass is 537 g/mol. The summed E-state index contributed by atoms with van der Waals surface area (Å²) in [5.41, 5.74) is 2.27. The van der Waals surface area contributed by atoms with Gasteiger partial charge in [-0.3, -0.25) is 14.4 Å². The lowest BCUT2D eigenvalue weighted by Crippen LogP contribution is -2.28. The zero-order chi connectivity index (χ0) is 24.7. The Bertz CT molecular complexity index is 1240. The van der Waals surface area contributed by atoms with Gasteiger partial charge in [-0.05, 0) is 70.4 Å². The Morgan fingerprint density at radius 2 is 1.86 bits per heavy atom. The third-order valence-electron chi connectivity index (χ3n) is 6.79. The molecule has 1 N–H and O–H groups in total. The summed E-state index contributed by atoms with van der Waals surface area (Å²) in [6, 6.07) is 10.9. The number of amides is 3. The lowest BCUT2D eigenvalue weighted by atomic mass is 9.85. The largest absolute Gasteiger partial charge is 0.493 e. The minimum Gasteiger partial charge on any atom is -0.493 e. The molecule has 8 nitrogen and oxygen atoms in total. The van der Waals surface area contributed by atoms with E-state index in [0.717, 1.165) is 22.7 Å². The van der Waals surface area contributed by atoms with Crippen LogP contribution in [0.1, 0.15) is 17.5 Å². The van der Waals surface area contributed by atoms with Gasteiger partial charge >= 0.3 is 0 Å². The molecule has 4 atom stereocenters. The van der Waals surface area contributed by atoms with Crippen LogP contribution in [0.5, 0.6) is 11.5 Å². The zero-order valence-corrected chi connectivity index (χ0v) is 20.8. The Balaban J connectivity index is 1.27. The average molecular weight is 538 g/mol. The molecule has 2 aromatic rings. The molecule has 180 valence electrons. The number of halogens is 1. The van der Waals surface area contributed by atoms with Crippen molar-refractivity contribution in [3.63, 3.8) is 0 Å². The molecule has 9 heteroatoms. The van der Waals surface area contributed by atoms with E-state index in [1.54, 1.807) is 12.1 Å². The van der Waals surface area contributed by atoms with Gasteiger partial charge in [-0.1, -0.05) is 30.4 Å². The number of aryl methyl sites for hydroxylation is 1. The van der Waals surface area contributed by atoms with Crippen LogP contribution in [-0.2, 0) is 14.4 Å². The van der Waals surface area contributed by atoms with Crippen molar-refractivity contribution in [2.75, 3.05) is 19.0 Å². The molecular formula is C26H24BrN3O5. The number of para-hydroxylation sites is 1. The summed E-state index contributed by atoms with van der Waals surface area (Å²) in [7, 11) is 1.49. The summed E-state index contributed by atoms with van der Waals surface area (Å²) >= 11 is 3.45. The van der Waals surface area contributed by atoms with Crippen molar-refractivity contribution in [2.45, 2.75) is 13.3 Å².